The van der Waals surface area contributed by atoms with E-state index < -0.39 is 17.7 Å². The largest absolute Gasteiger partial charge is 0.481 e. The molecule has 0 bridgehead atoms. The normalized spacial score (nSPS) is 11.4. The molecule has 3 aromatic rings. The van der Waals surface area contributed by atoms with E-state index in [4.69, 9.17) is 5.11 Å². The Bertz CT molecular complexity index is 941. The van der Waals surface area contributed by atoms with Crippen LogP contribution in [0.3, 0.4) is 0 Å². The van der Waals surface area contributed by atoms with Crippen LogP contribution in [0.1, 0.15) is 12.0 Å². The topological polar surface area (TPSA) is 92.9 Å². The number of hydrogen-bond acceptors (Lipinski definition) is 5. The summed E-state index contributed by atoms with van der Waals surface area (Å²) in [4.78, 5) is 19.0. The van der Waals surface area contributed by atoms with Crippen molar-refractivity contribution < 1.29 is 23.1 Å². The van der Waals surface area contributed by atoms with Gasteiger partial charge in [-0.2, -0.15) is 18.2 Å². The number of benzene rings is 1. The molecule has 0 aliphatic carbocycles. The Hall–Kier alpha value is -3.43. The molecular weight excluding hydrogens is 363 g/mol. The molecule has 2 heterocycles. The summed E-state index contributed by atoms with van der Waals surface area (Å²) in [5.74, 6) is -0.557. The lowest BCUT2D eigenvalue weighted by Gasteiger charge is -2.08. The van der Waals surface area contributed by atoms with Gasteiger partial charge in [0.05, 0.1) is 18.5 Å². The molecule has 0 saturated carbocycles. The lowest BCUT2D eigenvalue weighted by molar-refractivity contribution is -0.138. The summed E-state index contributed by atoms with van der Waals surface area (Å²) >= 11 is 0. The monoisotopic (exact) mass is 377 g/mol. The molecule has 0 atom stereocenters. The summed E-state index contributed by atoms with van der Waals surface area (Å²) in [6.07, 6.45) is -1.55. The van der Waals surface area contributed by atoms with Crippen molar-refractivity contribution >= 4 is 17.6 Å². The van der Waals surface area contributed by atoms with Crippen molar-refractivity contribution in [3.8, 4) is 11.4 Å². The van der Waals surface area contributed by atoms with Crippen LogP contribution in [0.15, 0.2) is 48.8 Å². The Labute approximate surface area is 151 Å². The van der Waals surface area contributed by atoms with E-state index in [1.54, 1.807) is 24.5 Å². The average Bonchev–Trinajstić information content (AvgIpc) is 3.03. The van der Waals surface area contributed by atoms with Crippen LogP contribution < -0.4 is 5.32 Å². The van der Waals surface area contributed by atoms with Crippen molar-refractivity contribution in [1.29, 1.82) is 0 Å². The van der Waals surface area contributed by atoms with Crippen LogP contribution in [-0.2, 0) is 17.5 Å². The van der Waals surface area contributed by atoms with E-state index in [0.29, 0.717) is 11.4 Å². The number of carbonyl (C=O) groups is 1. The van der Waals surface area contributed by atoms with Crippen molar-refractivity contribution in [1.82, 2.24) is 19.7 Å². The van der Waals surface area contributed by atoms with Crippen LogP contribution in [0, 0.1) is 0 Å². The Morgan fingerprint density at radius 3 is 2.59 bits per heavy atom. The molecule has 2 N–H and O–H groups in total. The van der Waals surface area contributed by atoms with Gasteiger partial charge in [0.1, 0.15) is 0 Å². The molecule has 3 rings (SSSR count). The lowest BCUT2D eigenvalue weighted by Crippen LogP contribution is -2.08. The van der Waals surface area contributed by atoms with Crippen molar-refractivity contribution in [2.24, 2.45) is 0 Å². The number of aryl methyl sites for hydroxylation is 1. The number of pyridine rings is 1. The summed E-state index contributed by atoms with van der Waals surface area (Å²) in [6.45, 7) is 0.0598. The summed E-state index contributed by atoms with van der Waals surface area (Å²) in [7, 11) is 0. The first-order valence-corrected chi connectivity index (χ1v) is 7.84. The van der Waals surface area contributed by atoms with Gasteiger partial charge in [-0.15, -0.1) is 5.10 Å². The fourth-order valence-electron chi connectivity index (χ4n) is 2.37. The van der Waals surface area contributed by atoms with Crippen LogP contribution in [0.25, 0.3) is 11.4 Å². The summed E-state index contributed by atoms with van der Waals surface area (Å²) in [5.41, 5.74) is 0.0219. The van der Waals surface area contributed by atoms with Crippen LogP contribution >= 0.6 is 0 Å². The van der Waals surface area contributed by atoms with Gasteiger partial charge in [-0.05, 0) is 30.3 Å². The van der Waals surface area contributed by atoms with Crippen molar-refractivity contribution in [3.05, 3.63) is 54.4 Å². The maximum Gasteiger partial charge on any atom is 0.416 e. The number of hydrogen-bond donors (Lipinski definition) is 2. The number of alkyl halides is 3. The SMILES string of the molecule is O=C(O)CCn1nc(Nc2cccc(C(F)(F)F)c2)nc1-c1ccncc1. The number of nitrogens with one attached hydrogen (secondary N) is 1. The van der Waals surface area contributed by atoms with E-state index in [0.717, 1.165) is 12.1 Å². The molecular formula is C17H14F3N5O2. The van der Waals surface area contributed by atoms with E-state index in [1.165, 1.54) is 16.8 Å². The standard InChI is InChI=1S/C17H14F3N5O2/c18-17(19,20)12-2-1-3-13(10-12)22-16-23-15(11-4-7-21-8-5-11)25(24-16)9-6-14(26)27/h1-5,7-8,10H,6,9H2,(H,22,24)(H,26,27). The maximum atomic E-state index is 12.8. The highest BCUT2D eigenvalue weighted by Gasteiger charge is 2.30. The van der Waals surface area contributed by atoms with E-state index >= 15 is 0 Å². The molecule has 0 aliphatic heterocycles. The predicted octanol–water partition coefficient (Wildman–Crippen LogP) is 3.58. The van der Waals surface area contributed by atoms with Gasteiger partial charge in [0.2, 0.25) is 5.95 Å². The third-order valence-electron chi connectivity index (χ3n) is 3.59. The Kier molecular flexibility index (Phi) is 5.06. The number of anilines is 2. The Morgan fingerprint density at radius 2 is 1.93 bits per heavy atom. The minimum atomic E-state index is -4.46. The van der Waals surface area contributed by atoms with Gasteiger partial charge >= 0.3 is 12.1 Å². The van der Waals surface area contributed by atoms with Gasteiger partial charge < -0.3 is 10.4 Å². The summed E-state index contributed by atoms with van der Waals surface area (Å²) < 4.78 is 39.9. The predicted molar refractivity (Wildman–Crippen MR) is 90.2 cm³/mol. The van der Waals surface area contributed by atoms with Gasteiger partial charge in [-0.1, -0.05) is 6.07 Å². The highest BCUT2D eigenvalue weighted by atomic mass is 19.4. The number of halogens is 3. The molecule has 2 aromatic heterocycles. The molecule has 0 amide bonds. The fourth-order valence-corrected chi connectivity index (χ4v) is 2.37. The minimum absolute atomic E-state index is 0.0598. The highest BCUT2D eigenvalue weighted by Crippen LogP contribution is 2.31. The Balaban J connectivity index is 1.91. The zero-order chi connectivity index (χ0) is 19.4. The van der Waals surface area contributed by atoms with Gasteiger partial charge in [-0.3, -0.25) is 9.78 Å². The van der Waals surface area contributed by atoms with Crippen LogP contribution in [0.4, 0.5) is 24.8 Å². The molecule has 0 radical (unpaired) electrons. The van der Waals surface area contributed by atoms with E-state index in [9.17, 15) is 18.0 Å². The van der Waals surface area contributed by atoms with Gasteiger partial charge in [0.15, 0.2) is 5.82 Å². The first kappa shape index (κ1) is 18.4. The fraction of sp³-hybridized carbons (Fsp3) is 0.176. The smallest absolute Gasteiger partial charge is 0.416 e. The molecule has 7 nitrogen and oxygen atoms in total. The third-order valence-corrected chi connectivity index (χ3v) is 3.59. The second kappa shape index (κ2) is 7.44. The van der Waals surface area contributed by atoms with Crippen LogP contribution in [0.2, 0.25) is 0 Å². The molecule has 27 heavy (non-hydrogen) atoms. The zero-order valence-corrected chi connectivity index (χ0v) is 13.8. The molecule has 10 heteroatoms. The quantitative estimate of drug-likeness (QED) is 0.682. The zero-order valence-electron chi connectivity index (χ0n) is 13.8. The number of carboxylic acids is 1. The maximum absolute atomic E-state index is 12.8. The van der Waals surface area contributed by atoms with Crippen LogP contribution in [-0.4, -0.2) is 30.8 Å². The molecule has 0 unspecified atom stereocenters. The van der Waals surface area contributed by atoms with Crippen molar-refractivity contribution in [3.63, 3.8) is 0 Å². The first-order chi connectivity index (χ1) is 12.8. The number of aliphatic carboxylic acids is 1. The second-order valence-corrected chi connectivity index (χ2v) is 5.57. The summed E-state index contributed by atoms with van der Waals surface area (Å²) in [6, 6.07) is 8.00. The molecule has 140 valence electrons. The molecule has 0 saturated heterocycles. The number of carboxylic acid groups (broad SMARTS) is 1. The molecule has 0 spiro atoms. The van der Waals surface area contributed by atoms with Crippen LogP contribution in [0.5, 0.6) is 0 Å². The van der Waals surface area contributed by atoms with E-state index in [2.05, 4.69) is 20.4 Å². The van der Waals surface area contributed by atoms with Gasteiger partial charge in [0.25, 0.3) is 0 Å². The van der Waals surface area contributed by atoms with Crippen molar-refractivity contribution in [2.45, 2.75) is 19.1 Å². The minimum Gasteiger partial charge on any atom is -0.481 e. The average molecular weight is 377 g/mol. The van der Waals surface area contributed by atoms with Gasteiger partial charge in [0, 0.05) is 23.6 Å². The lowest BCUT2D eigenvalue weighted by atomic mass is 10.2. The number of rotatable bonds is 6. The third kappa shape index (κ3) is 4.60. The van der Waals surface area contributed by atoms with Gasteiger partial charge in [-0.25, -0.2) is 4.68 Å². The second-order valence-electron chi connectivity index (χ2n) is 5.57. The summed E-state index contributed by atoms with van der Waals surface area (Å²) in [5, 5.41) is 15.8. The Morgan fingerprint density at radius 1 is 1.19 bits per heavy atom. The molecule has 1 aromatic carbocycles. The van der Waals surface area contributed by atoms with Crippen molar-refractivity contribution in [2.75, 3.05) is 5.32 Å². The van der Waals surface area contributed by atoms with E-state index in [-0.39, 0.29) is 24.6 Å². The molecule has 0 fully saturated rings. The van der Waals surface area contributed by atoms with E-state index in [1.807, 2.05) is 0 Å². The highest BCUT2D eigenvalue weighted by molar-refractivity contribution is 5.67. The number of aromatic nitrogens is 4. The first-order valence-electron chi connectivity index (χ1n) is 7.84. The number of nitrogens with zero attached hydrogens (tertiary/aromatic N) is 4. The molecule has 0 aliphatic rings.